The number of benzene rings is 1. The molecule has 1 heterocycles. The second-order valence-corrected chi connectivity index (χ2v) is 6.55. The van der Waals surface area contributed by atoms with Crippen LogP contribution in [0.4, 0.5) is 0 Å². The first-order valence-corrected chi connectivity index (χ1v) is 8.82. The summed E-state index contributed by atoms with van der Waals surface area (Å²) in [5, 5.41) is 21.7. The van der Waals surface area contributed by atoms with Crippen molar-refractivity contribution < 1.29 is 0 Å². The van der Waals surface area contributed by atoms with Crippen LogP contribution in [-0.2, 0) is 6.54 Å². The van der Waals surface area contributed by atoms with Gasteiger partial charge in [-0.15, -0.1) is 5.10 Å². The largest absolute Gasteiger partial charge is 0.293 e. The molecule has 0 bridgehead atoms. The van der Waals surface area contributed by atoms with Gasteiger partial charge in [-0.2, -0.15) is 9.94 Å². The maximum atomic E-state index is 9.16. The van der Waals surface area contributed by atoms with Gasteiger partial charge in [0.05, 0.1) is 22.8 Å². The molecule has 0 radical (unpaired) electrons. The summed E-state index contributed by atoms with van der Waals surface area (Å²) >= 11 is 6.01. The van der Waals surface area contributed by atoms with Crippen LogP contribution in [0.1, 0.15) is 50.4 Å². The quantitative estimate of drug-likeness (QED) is 0.831. The molecule has 24 heavy (non-hydrogen) atoms. The Bertz CT molecular complexity index is 729. The molecule has 6 nitrogen and oxygen atoms in total. The van der Waals surface area contributed by atoms with Crippen molar-refractivity contribution in [2.45, 2.75) is 51.6 Å². The molecule has 0 saturated heterocycles. The van der Waals surface area contributed by atoms with Crippen LogP contribution >= 0.6 is 11.6 Å². The Morgan fingerprint density at radius 1 is 1.33 bits per heavy atom. The predicted octanol–water partition coefficient (Wildman–Crippen LogP) is 3.34. The molecular formula is C17H21ClN6. The monoisotopic (exact) mass is 344 g/mol. The number of halogens is 1. The zero-order chi connectivity index (χ0) is 16.9. The summed E-state index contributed by atoms with van der Waals surface area (Å²) in [5.41, 5.74) is 1.19. The van der Waals surface area contributed by atoms with E-state index in [1.54, 1.807) is 16.8 Å². The Balaban J connectivity index is 1.83. The molecule has 0 atom stereocenters. The molecule has 0 aliphatic heterocycles. The second kappa shape index (κ2) is 7.73. The van der Waals surface area contributed by atoms with E-state index in [1.807, 2.05) is 6.07 Å². The van der Waals surface area contributed by atoms with Crippen LogP contribution in [0.15, 0.2) is 18.2 Å². The number of rotatable bonds is 5. The number of tetrazole rings is 1. The van der Waals surface area contributed by atoms with Crippen molar-refractivity contribution in [3.05, 3.63) is 34.6 Å². The smallest absolute Gasteiger partial charge is 0.170 e. The van der Waals surface area contributed by atoms with Gasteiger partial charge < -0.3 is 0 Å². The van der Waals surface area contributed by atoms with Crippen LogP contribution in [0.5, 0.6) is 0 Å². The van der Waals surface area contributed by atoms with E-state index in [-0.39, 0.29) is 0 Å². The minimum atomic E-state index is 0.426. The van der Waals surface area contributed by atoms with E-state index in [1.165, 1.54) is 32.1 Å². The van der Waals surface area contributed by atoms with Gasteiger partial charge in [-0.25, -0.2) is 0 Å². The van der Waals surface area contributed by atoms with Crippen LogP contribution in [0.2, 0.25) is 5.02 Å². The maximum absolute atomic E-state index is 9.16. The number of hydrogen-bond donors (Lipinski definition) is 0. The van der Waals surface area contributed by atoms with Gasteiger partial charge in [0.1, 0.15) is 6.07 Å². The molecule has 2 aromatic rings. The lowest BCUT2D eigenvalue weighted by atomic mass is 9.94. The average Bonchev–Trinajstić information content (AvgIpc) is 3.09. The average molecular weight is 345 g/mol. The molecule has 1 aromatic heterocycles. The van der Waals surface area contributed by atoms with Gasteiger partial charge in [0, 0.05) is 6.04 Å². The highest BCUT2D eigenvalue weighted by atomic mass is 35.5. The van der Waals surface area contributed by atoms with Crippen molar-refractivity contribution in [1.29, 1.82) is 5.26 Å². The van der Waals surface area contributed by atoms with Crippen LogP contribution in [-0.4, -0.2) is 37.7 Å². The lowest BCUT2D eigenvalue weighted by molar-refractivity contribution is 0.151. The molecule has 3 rings (SSSR count). The SMILES string of the molecule is CCN(Cc1nnnn1-c1ccc(Cl)c(C#N)c1)C1CCCCC1. The number of nitrogens with zero attached hydrogens (tertiary/aromatic N) is 6. The van der Waals surface area contributed by atoms with Crippen molar-refractivity contribution in [2.75, 3.05) is 6.54 Å². The third-order valence-corrected chi connectivity index (χ3v) is 5.02. The van der Waals surface area contributed by atoms with Gasteiger partial charge >= 0.3 is 0 Å². The predicted molar refractivity (Wildman–Crippen MR) is 91.8 cm³/mol. The molecule has 0 amide bonds. The maximum Gasteiger partial charge on any atom is 0.170 e. The molecule has 0 unspecified atom stereocenters. The van der Waals surface area contributed by atoms with E-state index >= 15 is 0 Å². The molecular weight excluding hydrogens is 324 g/mol. The van der Waals surface area contributed by atoms with Gasteiger partial charge in [0.25, 0.3) is 0 Å². The molecule has 1 aliphatic rings. The van der Waals surface area contributed by atoms with Gasteiger partial charge in [-0.05, 0) is 48.0 Å². The Morgan fingerprint density at radius 3 is 2.83 bits per heavy atom. The lowest BCUT2D eigenvalue weighted by Crippen LogP contribution is -2.36. The molecule has 1 saturated carbocycles. The first-order valence-electron chi connectivity index (χ1n) is 8.44. The Morgan fingerprint density at radius 2 is 2.12 bits per heavy atom. The standard InChI is InChI=1S/C17H21ClN6/c1-2-23(14-6-4-3-5-7-14)12-17-20-21-22-24(17)15-8-9-16(18)13(10-15)11-19/h8-10,14H,2-7,12H2,1H3. The minimum Gasteiger partial charge on any atom is -0.293 e. The summed E-state index contributed by atoms with van der Waals surface area (Å²) in [6.45, 7) is 3.86. The third kappa shape index (κ3) is 3.58. The van der Waals surface area contributed by atoms with Gasteiger partial charge in [0.2, 0.25) is 0 Å². The molecule has 1 aliphatic carbocycles. The van der Waals surface area contributed by atoms with Crippen LogP contribution in [0, 0.1) is 11.3 Å². The zero-order valence-electron chi connectivity index (χ0n) is 13.8. The van der Waals surface area contributed by atoms with E-state index in [0.717, 1.165) is 18.1 Å². The highest BCUT2D eigenvalue weighted by Crippen LogP contribution is 2.24. The fraction of sp³-hybridized carbons (Fsp3) is 0.529. The molecule has 1 aromatic carbocycles. The van der Waals surface area contributed by atoms with Crippen molar-refractivity contribution in [3.8, 4) is 11.8 Å². The number of hydrogen-bond acceptors (Lipinski definition) is 5. The fourth-order valence-electron chi connectivity index (χ4n) is 3.36. The topological polar surface area (TPSA) is 70.6 Å². The van der Waals surface area contributed by atoms with Crippen LogP contribution in [0.3, 0.4) is 0 Å². The van der Waals surface area contributed by atoms with Crippen molar-refractivity contribution in [3.63, 3.8) is 0 Å². The highest BCUT2D eigenvalue weighted by Gasteiger charge is 2.22. The van der Waals surface area contributed by atoms with Crippen molar-refractivity contribution in [2.24, 2.45) is 0 Å². The van der Waals surface area contributed by atoms with Crippen molar-refractivity contribution >= 4 is 11.6 Å². The van der Waals surface area contributed by atoms with E-state index in [0.29, 0.717) is 23.2 Å². The molecule has 0 N–H and O–H groups in total. The molecule has 1 fully saturated rings. The minimum absolute atomic E-state index is 0.426. The summed E-state index contributed by atoms with van der Waals surface area (Å²) in [4.78, 5) is 2.45. The summed E-state index contributed by atoms with van der Waals surface area (Å²) in [6.07, 6.45) is 6.43. The Labute approximate surface area is 147 Å². The molecule has 0 spiro atoms. The van der Waals surface area contributed by atoms with Gasteiger partial charge in [-0.1, -0.05) is 37.8 Å². The highest BCUT2D eigenvalue weighted by molar-refractivity contribution is 6.31. The van der Waals surface area contributed by atoms with Gasteiger partial charge in [0.15, 0.2) is 5.82 Å². The number of aromatic nitrogens is 4. The zero-order valence-corrected chi connectivity index (χ0v) is 14.6. The van der Waals surface area contributed by atoms with Crippen LogP contribution in [0.25, 0.3) is 5.69 Å². The third-order valence-electron chi connectivity index (χ3n) is 4.69. The lowest BCUT2D eigenvalue weighted by Gasteiger charge is -2.32. The van der Waals surface area contributed by atoms with Gasteiger partial charge in [-0.3, -0.25) is 4.90 Å². The Hall–Kier alpha value is -1.97. The normalized spacial score (nSPS) is 15.6. The summed E-state index contributed by atoms with van der Waals surface area (Å²) in [7, 11) is 0. The fourth-order valence-corrected chi connectivity index (χ4v) is 3.52. The number of nitriles is 1. The molecule has 7 heteroatoms. The summed E-state index contributed by atoms with van der Waals surface area (Å²) < 4.78 is 1.70. The Kier molecular flexibility index (Phi) is 5.44. The van der Waals surface area contributed by atoms with Crippen LogP contribution < -0.4 is 0 Å². The molecule has 126 valence electrons. The summed E-state index contributed by atoms with van der Waals surface area (Å²) in [6, 6.07) is 7.96. The van der Waals surface area contributed by atoms with Crippen molar-refractivity contribution in [1.82, 2.24) is 25.1 Å². The van der Waals surface area contributed by atoms with E-state index in [4.69, 9.17) is 16.9 Å². The van der Waals surface area contributed by atoms with E-state index in [9.17, 15) is 0 Å². The van der Waals surface area contributed by atoms with E-state index in [2.05, 4.69) is 33.4 Å². The second-order valence-electron chi connectivity index (χ2n) is 6.14. The van der Waals surface area contributed by atoms with E-state index < -0.39 is 0 Å². The first kappa shape index (κ1) is 16.9. The first-order chi connectivity index (χ1) is 11.7. The summed E-state index contributed by atoms with van der Waals surface area (Å²) in [5.74, 6) is 0.786.